The quantitative estimate of drug-likeness (QED) is 0.0121. The van der Waals surface area contributed by atoms with Gasteiger partial charge in [0.15, 0.2) is 11.5 Å². The summed E-state index contributed by atoms with van der Waals surface area (Å²) in [6, 6.07) is 7.10. The third-order valence-corrected chi connectivity index (χ3v) is 15.0. The molecule has 3 aliphatic rings. The molecule has 6 rings (SSSR count). The molecule has 2 aromatic heterocycles. The molecule has 396 valence electrons. The highest BCUT2D eigenvalue weighted by molar-refractivity contribution is 7.25. The van der Waals surface area contributed by atoms with Crippen molar-refractivity contribution >= 4 is 68.7 Å². The minimum atomic E-state index is -0.438. The number of fused-ring (bicyclic) bond motifs is 1. The number of nitrogens with zero attached hydrogens (tertiary/aromatic N) is 1. The van der Waals surface area contributed by atoms with Gasteiger partial charge in [-0.15, -0.1) is 22.7 Å². The molecule has 0 amide bonds. The fourth-order valence-electron chi connectivity index (χ4n) is 8.62. The van der Waals surface area contributed by atoms with Crippen molar-refractivity contribution in [3.8, 4) is 21.4 Å². The Balaban J connectivity index is 0.910. The van der Waals surface area contributed by atoms with E-state index in [2.05, 4.69) is 26.3 Å². The van der Waals surface area contributed by atoms with Gasteiger partial charge in [-0.25, -0.2) is 14.6 Å². The van der Waals surface area contributed by atoms with Crippen molar-refractivity contribution in [1.82, 2.24) is 4.98 Å². The first kappa shape index (κ1) is 56.7. The standard InChI is InChI=1S/C57H67NO14S2/c1-5-49(59)67-35-13-9-7-11-33-65-38(3)17-18-39(4)69-54(61)40-19-23-43(24-20-40)57(64)72-47-32-31-46(51-52(47)74-53(58-51)48-16-15-37-73-48)71-56(63)42-25-21-41(22-26-42)55(62)70-45-29-27-44(28-30-45)66-34-12-8-10-14-36-68-50(60)6-2/h5-6,15-18,27-29,31-32,37,40-43,45H,1-4,7-14,19-26,30,33-36H2/b18-17-/t40-,41-,42-,43-,45?. The molecule has 74 heavy (non-hydrogen) atoms. The van der Waals surface area contributed by atoms with Gasteiger partial charge in [0.1, 0.15) is 38.6 Å². The van der Waals surface area contributed by atoms with Crippen LogP contribution in [-0.2, 0) is 57.2 Å². The van der Waals surface area contributed by atoms with Gasteiger partial charge >= 0.3 is 35.8 Å². The predicted octanol–water partition coefficient (Wildman–Crippen LogP) is 11.9. The first-order valence-corrected chi connectivity index (χ1v) is 27.2. The molecule has 2 heterocycles. The number of thiazole rings is 1. The molecular weight excluding hydrogens is 987 g/mol. The van der Waals surface area contributed by atoms with E-state index >= 15 is 0 Å². The molecule has 1 unspecified atom stereocenters. The molecule has 17 heteroatoms. The number of unbranched alkanes of at least 4 members (excludes halogenated alkanes) is 6. The van der Waals surface area contributed by atoms with Gasteiger partial charge in [-0.1, -0.05) is 32.4 Å². The number of hydrogen-bond donors (Lipinski definition) is 0. The van der Waals surface area contributed by atoms with Crippen LogP contribution in [0, 0.1) is 23.7 Å². The van der Waals surface area contributed by atoms with Gasteiger partial charge in [-0.05, 0) is 157 Å². The lowest BCUT2D eigenvalue weighted by Gasteiger charge is -2.27. The number of carbonyl (C=O) groups excluding carboxylic acids is 6. The lowest BCUT2D eigenvalue weighted by atomic mass is 9.82. The molecular formula is C57H67NO14S2. The zero-order valence-electron chi connectivity index (χ0n) is 42.0. The monoisotopic (exact) mass is 1050 g/mol. The summed E-state index contributed by atoms with van der Waals surface area (Å²) in [5.41, 5.74) is 0.409. The number of allylic oxidation sites excluding steroid dienone is 3. The topological polar surface area (TPSA) is 189 Å². The molecule has 0 saturated heterocycles. The highest BCUT2D eigenvalue weighted by Gasteiger charge is 2.35. The van der Waals surface area contributed by atoms with Crippen LogP contribution in [0.4, 0.5) is 0 Å². The van der Waals surface area contributed by atoms with Crippen molar-refractivity contribution in [3.63, 3.8) is 0 Å². The van der Waals surface area contributed by atoms with Crippen molar-refractivity contribution in [3.05, 3.63) is 116 Å². The van der Waals surface area contributed by atoms with Gasteiger partial charge in [0.2, 0.25) is 0 Å². The van der Waals surface area contributed by atoms with Crippen LogP contribution in [0.3, 0.4) is 0 Å². The average molecular weight is 1050 g/mol. The zero-order valence-corrected chi connectivity index (χ0v) is 43.6. The van der Waals surface area contributed by atoms with Crippen LogP contribution < -0.4 is 9.47 Å². The molecule has 0 aliphatic heterocycles. The van der Waals surface area contributed by atoms with Crippen LogP contribution >= 0.6 is 22.7 Å². The Bertz CT molecular complexity index is 2540. The van der Waals surface area contributed by atoms with E-state index in [9.17, 15) is 28.8 Å². The van der Waals surface area contributed by atoms with Crippen molar-refractivity contribution in [2.24, 2.45) is 23.7 Å². The largest absolute Gasteiger partial charge is 0.494 e. The summed E-state index contributed by atoms with van der Waals surface area (Å²) in [4.78, 5) is 81.5. The minimum absolute atomic E-state index is 0.154. The van der Waals surface area contributed by atoms with Crippen LogP contribution in [0.25, 0.3) is 20.1 Å². The van der Waals surface area contributed by atoms with Crippen molar-refractivity contribution in [2.75, 3.05) is 26.4 Å². The molecule has 0 spiro atoms. The molecule has 3 aromatic rings. The Morgan fingerprint density at radius 2 is 1.15 bits per heavy atom. The van der Waals surface area contributed by atoms with E-state index in [1.165, 1.54) is 28.7 Å². The number of carbonyl (C=O) groups is 6. The summed E-state index contributed by atoms with van der Waals surface area (Å²) >= 11 is 2.86. The van der Waals surface area contributed by atoms with E-state index in [-0.39, 0.29) is 29.5 Å². The number of aromatic nitrogens is 1. The Morgan fingerprint density at radius 3 is 1.70 bits per heavy atom. The summed E-state index contributed by atoms with van der Waals surface area (Å²) in [5.74, 6) is -2.07. The molecule has 0 N–H and O–H groups in total. The highest BCUT2D eigenvalue weighted by Crippen LogP contribution is 2.43. The van der Waals surface area contributed by atoms with E-state index in [0.717, 1.165) is 74.2 Å². The smallest absolute Gasteiger partial charge is 0.330 e. The van der Waals surface area contributed by atoms with E-state index < -0.39 is 47.6 Å². The molecule has 15 nitrogen and oxygen atoms in total. The SMILES string of the molecule is C=CC(=O)OCCCCCCOC(=C)/C=C\C(=C)OC(=O)[C@H]1CC[C@H](C(=O)Oc2ccc(OC(=O)[C@H]3CC[C@H](C(=O)OC4C=CC(OCCCCCCOC(=O)C=C)=CC4)CC3)c3nc(-c4cccs4)sc23)CC1. The van der Waals surface area contributed by atoms with Gasteiger partial charge in [-0.2, -0.15) is 0 Å². The maximum absolute atomic E-state index is 13.7. The fraction of sp³-hybridized carbons (Fsp3) is 0.456. The van der Waals surface area contributed by atoms with E-state index in [1.807, 2.05) is 35.7 Å². The highest BCUT2D eigenvalue weighted by atomic mass is 32.1. The van der Waals surface area contributed by atoms with E-state index in [4.69, 9.17) is 42.9 Å². The second-order valence-electron chi connectivity index (χ2n) is 18.3. The summed E-state index contributed by atoms with van der Waals surface area (Å²) < 4.78 is 45.4. The number of rotatable bonds is 29. The van der Waals surface area contributed by atoms with Crippen molar-refractivity contribution in [1.29, 1.82) is 0 Å². The summed E-state index contributed by atoms with van der Waals surface area (Å²) in [6.45, 7) is 16.2. The van der Waals surface area contributed by atoms with Crippen LogP contribution in [0.1, 0.15) is 109 Å². The first-order valence-electron chi connectivity index (χ1n) is 25.5. The third-order valence-electron chi connectivity index (χ3n) is 12.8. The lowest BCUT2D eigenvalue weighted by Crippen LogP contribution is -2.31. The van der Waals surface area contributed by atoms with E-state index in [0.29, 0.717) is 111 Å². The number of thiophene rings is 1. The van der Waals surface area contributed by atoms with Gasteiger partial charge in [0, 0.05) is 18.6 Å². The minimum Gasteiger partial charge on any atom is -0.494 e. The average Bonchev–Trinajstić information content (AvgIpc) is 4.13. The maximum atomic E-state index is 13.7. The predicted molar refractivity (Wildman–Crippen MR) is 281 cm³/mol. The number of esters is 6. The number of benzene rings is 1. The molecule has 3 aliphatic carbocycles. The molecule has 0 bridgehead atoms. The van der Waals surface area contributed by atoms with Crippen LogP contribution in [-0.4, -0.2) is 73.3 Å². The zero-order chi connectivity index (χ0) is 52.7. The van der Waals surface area contributed by atoms with E-state index in [1.54, 1.807) is 18.2 Å². The summed E-state index contributed by atoms with van der Waals surface area (Å²) in [5, 5.41) is 2.64. The third kappa shape index (κ3) is 18.1. The molecule has 1 aromatic carbocycles. The number of hydrogen-bond acceptors (Lipinski definition) is 17. The second-order valence-corrected chi connectivity index (χ2v) is 20.3. The van der Waals surface area contributed by atoms with Gasteiger partial charge in [0.25, 0.3) is 0 Å². The van der Waals surface area contributed by atoms with Crippen molar-refractivity contribution in [2.45, 2.75) is 115 Å². The van der Waals surface area contributed by atoms with Gasteiger partial charge < -0.3 is 37.9 Å². The Hall–Kier alpha value is -6.59. The number of ether oxygens (including phenoxy) is 8. The van der Waals surface area contributed by atoms with Gasteiger partial charge in [-0.3, -0.25) is 19.2 Å². The molecule has 2 saturated carbocycles. The Morgan fingerprint density at radius 1 is 0.622 bits per heavy atom. The normalized spacial score (nSPS) is 19.4. The fourth-order valence-corrected chi connectivity index (χ4v) is 10.4. The van der Waals surface area contributed by atoms with Crippen molar-refractivity contribution < 1.29 is 66.7 Å². The molecule has 2 fully saturated rings. The molecule has 0 radical (unpaired) electrons. The first-order chi connectivity index (χ1) is 35.9. The molecule has 1 atom stereocenters. The second kappa shape index (κ2) is 29.9. The van der Waals surface area contributed by atoms with Crippen LogP contribution in [0.2, 0.25) is 0 Å². The van der Waals surface area contributed by atoms with Crippen LogP contribution in [0.5, 0.6) is 11.5 Å². The Labute approximate surface area is 440 Å². The van der Waals surface area contributed by atoms with Crippen LogP contribution in [0.15, 0.2) is 116 Å². The van der Waals surface area contributed by atoms with Gasteiger partial charge in [0.05, 0.1) is 55.0 Å². The Kier molecular flexibility index (Phi) is 22.9. The maximum Gasteiger partial charge on any atom is 0.330 e. The summed E-state index contributed by atoms with van der Waals surface area (Å²) in [6.07, 6.45) is 21.7. The summed E-state index contributed by atoms with van der Waals surface area (Å²) in [7, 11) is 0. The lowest BCUT2D eigenvalue weighted by molar-refractivity contribution is -0.155.